The second-order valence-corrected chi connectivity index (χ2v) is 6.37. The summed E-state index contributed by atoms with van der Waals surface area (Å²) < 4.78 is 6.52. The molecule has 21 heavy (non-hydrogen) atoms. The van der Waals surface area contributed by atoms with Crippen LogP contribution in [0.25, 0.3) is 0 Å². The van der Waals surface area contributed by atoms with Crippen LogP contribution in [-0.4, -0.2) is 30.3 Å². The minimum absolute atomic E-state index is 0.00431. The van der Waals surface area contributed by atoms with Gasteiger partial charge in [0.05, 0.1) is 13.0 Å². The first-order chi connectivity index (χ1) is 10.2. The molecule has 2 unspecified atom stereocenters. The first-order valence-electron chi connectivity index (χ1n) is 7.47. The van der Waals surface area contributed by atoms with E-state index in [0.717, 1.165) is 35.9 Å². The number of nitrogens with one attached hydrogen (secondary N) is 1. The smallest absolute Gasteiger partial charge is 0.223 e. The van der Waals surface area contributed by atoms with Gasteiger partial charge in [0.2, 0.25) is 5.91 Å². The van der Waals surface area contributed by atoms with Gasteiger partial charge in [0.15, 0.2) is 0 Å². The molecule has 1 aliphatic carbocycles. The number of amides is 1. The minimum Gasteiger partial charge on any atom is -0.493 e. The predicted molar refractivity (Wildman–Crippen MR) is 85.2 cm³/mol. The lowest BCUT2D eigenvalue weighted by molar-refractivity contribution is -0.123. The van der Waals surface area contributed by atoms with Crippen molar-refractivity contribution in [1.29, 1.82) is 0 Å². The highest BCUT2D eigenvalue weighted by molar-refractivity contribution is 9.10. The molecule has 1 aliphatic rings. The fraction of sp³-hybridized carbons (Fsp3) is 0.562. The number of hydrogen-bond donors (Lipinski definition) is 2. The van der Waals surface area contributed by atoms with Gasteiger partial charge in [-0.1, -0.05) is 34.8 Å². The zero-order valence-corrected chi connectivity index (χ0v) is 13.6. The van der Waals surface area contributed by atoms with Crippen molar-refractivity contribution >= 4 is 21.8 Å². The second-order valence-electron chi connectivity index (χ2n) is 5.46. The van der Waals surface area contributed by atoms with Crippen LogP contribution in [0.2, 0.25) is 0 Å². The van der Waals surface area contributed by atoms with Gasteiger partial charge < -0.3 is 15.2 Å². The average molecular weight is 356 g/mol. The molecule has 0 heterocycles. The fourth-order valence-electron chi connectivity index (χ4n) is 2.71. The van der Waals surface area contributed by atoms with Gasteiger partial charge in [0.25, 0.3) is 0 Å². The van der Waals surface area contributed by atoms with E-state index in [2.05, 4.69) is 21.2 Å². The lowest BCUT2D eigenvalue weighted by Gasteiger charge is -2.30. The molecule has 1 fully saturated rings. The summed E-state index contributed by atoms with van der Waals surface area (Å²) in [6, 6.07) is 7.68. The summed E-state index contributed by atoms with van der Waals surface area (Å²) in [7, 11) is 0. The van der Waals surface area contributed by atoms with E-state index in [1.807, 2.05) is 24.3 Å². The number of aliphatic hydroxyl groups is 1. The Morgan fingerprint density at radius 2 is 2.19 bits per heavy atom. The number of aliphatic hydroxyl groups excluding tert-OH is 1. The van der Waals surface area contributed by atoms with Crippen LogP contribution in [-0.2, 0) is 4.79 Å². The first-order valence-corrected chi connectivity index (χ1v) is 8.27. The number of ether oxygens (including phenoxy) is 1. The standard InChI is InChI=1S/C16H22BrNO3/c17-13-5-3-6-14(10-13)21-9-8-16(20)18-15-7-2-1-4-12(15)11-19/h3,5-6,10,12,15,19H,1-2,4,7-9,11H2,(H,18,20). The Balaban J connectivity index is 1.72. The Morgan fingerprint density at radius 1 is 1.38 bits per heavy atom. The van der Waals surface area contributed by atoms with Crippen LogP contribution in [0.5, 0.6) is 5.75 Å². The third-order valence-electron chi connectivity index (χ3n) is 3.88. The third-order valence-corrected chi connectivity index (χ3v) is 4.38. The first kappa shape index (κ1) is 16.3. The molecule has 0 radical (unpaired) electrons. The van der Waals surface area contributed by atoms with Gasteiger partial charge in [-0.15, -0.1) is 0 Å². The Labute approximate surface area is 134 Å². The van der Waals surface area contributed by atoms with Crippen molar-refractivity contribution in [2.75, 3.05) is 13.2 Å². The van der Waals surface area contributed by atoms with E-state index in [0.29, 0.717) is 13.0 Å². The van der Waals surface area contributed by atoms with Crippen molar-refractivity contribution in [1.82, 2.24) is 5.32 Å². The van der Waals surface area contributed by atoms with E-state index in [9.17, 15) is 9.90 Å². The van der Waals surface area contributed by atoms with Gasteiger partial charge in [-0.25, -0.2) is 0 Å². The van der Waals surface area contributed by atoms with Crippen LogP contribution in [0.4, 0.5) is 0 Å². The van der Waals surface area contributed by atoms with Crippen molar-refractivity contribution in [3.8, 4) is 5.75 Å². The molecule has 1 aromatic carbocycles. The lowest BCUT2D eigenvalue weighted by atomic mass is 9.85. The summed E-state index contributed by atoms with van der Waals surface area (Å²) in [5, 5.41) is 12.4. The normalized spacial score (nSPS) is 21.8. The number of hydrogen-bond acceptors (Lipinski definition) is 3. The molecule has 1 amide bonds. The van der Waals surface area contributed by atoms with Crippen molar-refractivity contribution in [3.63, 3.8) is 0 Å². The van der Waals surface area contributed by atoms with Gasteiger partial charge in [-0.2, -0.15) is 0 Å². The summed E-state index contributed by atoms with van der Waals surface area (Å²) in [6.07, 6.45) is 4.56. The fourth-order valence-corrected chi connectivity index (χ4v) is 3.09. The molecule has 2 rings (SSSR count). The molecule has 2 atom stereocenters. The van der Waals surface area contributed by atoms with E-state index < -0.39 is 0 Å². The molecular formula is C16H22BrNO3. The van der Waals surface area contributed by atoms with Crippen molar-refractivity contribution in [3.05, 3.63) is 28.7 Å². The van der Waals surface area contributed by atoms with Gasteiger partial charge in [0.1, 0.15) is 5.75 Å². The molecule has 116 valence electrons. The Hall–Kier alpha value is -1.07. The van der Waals surface area contributed by atoms with Gasteiger partial charge >= 0.3 is 0 Å². The molecule has 1 aromatic rings. The maximum absolute atomic E-state index is 11.9. The van der Waals surface area contributed by atoms with Crippen LogP contribution in [0.1, 0.15) is 32.1 Å². The van der Waals surface area contributed by atoms with Gasteiger partial charge in [-0.05, 0) is 31.0 Å². The van der Waals surface area contributed by atoms with Crippen LogP contribution in [0, 0.1) is 5.92 Å². The molecule has 2 N–H and O–H groups in total. The Morgan fingerprint density at radius 3 is 2.95 bits per heavy atom. The molecule has 5 heteroatoms. The Kier molecular flexibility index (Phi) is 6.51. The monoisotopic (exact) mass is 355 g/mol. The summed E-state index contributed by atoms with van der Waals surface area (Å²) in [5.74, 6) is 0.951. The van der Waals surface area contributed by atoms with Crippen molar-refractivity contribution in [2.24, 2.45) is 5.92 Å². The zero-order valence-electron chi connectivity index (χ0n) is 12.1. The van der Waals surface area contributed by atoms with Crippen LogP contribution >= 0.6 is 15.9 Å². The maximum Gasteiger partial charge on any atom is 0.223 e. The number of benzene rings is 1. The SMILES string of the molecule is O=C(CCOc1cccc(Br)c1)NC1CCCCC1CO. The molecule has 4 nitrogen and oxygen atoms in total. The molecule has 0 spiro atoms. The van der Waals surface area contributed by atoms with Crippen LogP contribution in [0.3, 0.4) is 0 Å². The highest BCUT2D eigenvalue weighted by atomic mass is 79.9. The predicted octanol–water partition coefficient (Wildman–Crippen LogP) is 2.89. The average Bonchev–Trinajstić information content (AvgIpc) is 2.48. The van der Waals surface area contributed by atoms with E-state index in [1.165, 1.54) is 0 Å². The summed E-state index contributed by atoms with van der Waals surface area (Å²) in [5.41, 5.74) is 0. The highest BCUT2D eigenvalue weighted by Gasteiger charge is 2.25. The topological polar surface area (TPSA) is 58.6 Å². The molecule has 0 aliphatic heterocycles. The van der Waals surface area contributed by atoms with Crippen molar-refractivity contribution < 1.29 is 14.6 Å². The molecule has 0 bridgehead atoms. The zero-order chi connectivity index (χ0) is 15.1. The molecule has 0 aromatic heterocycles. The number of carbonyl (C=O) groups excluding carboxylic acids is 1. The second kappa shape index (κ2) is 8.39. The van der Waals surface area contributed by atoms with E-state index >= 15 is 0 Å². The van der Waals surface area contributed by atoms with Crippen LogP contribution in [0.15, 0.2) is 28.7 Å². The lowest BCUT2D eigenvalue weighted by Crippen LogP contribution is -2.43. The molecular weight excluding hydrogens is 334 g/mol. The minimum atomic E-state index is -0.00431. The number of rotatable bonds is 6. The highest BCUT2D eigenvalue weighted by Crippen LogP contribution is 2.24. The largest absolute Gasteiger partial charge is 0.493 e. The van der Waals surface area contributed by atoms with Crippen LogP contribution < -0.4 is 10.1 Å². The Bertz CT molecular complexity index is 467. The summed E-state index contributed by atoms with van der Waals surface area (Å²) >= 11 is 3.38. The molecule has 1 saturated carbocycles. The van der Waals surface area contributed by atoms with Gasteiger partial charge in [-0.3, -0.25) is 4.79 Å². The quantitative estimate of drug-likeness (QED) is 0.824. The number of carbonyl (C=O) groups is 1. The van der Waals surface area contributed by atoms with Gasteiger partial charge in [0, 0.05) is 23.0 Å². The molecule has 0 saturated heterocycles. The maximum atomic E-state index is 11.9. The number of halogens is 1. The van der Waals surface area contributed by atoms with E-state index in [4.69, 9.17) is 4.74 Å². The van der Waals surface area contributed by atoms with E-state index in [-0.39, 0.29) is 24.5 Å². The third kappa shape index (κ3) is 5.32. The summed E-state index contributed by atoms with van der Waals surface area (Å²) in [6.45, 7) is 0.512. The summed E-state index contributed by atoms with van der Waals surface area (Å²) in [4.78, 5) is 11.9. The van der Waals surface area contributed by atoms with Crippen molar-refractivity contribution in [2.45, 2.75) is 38.1 Å². The van der Waals surface area contributed by atoms with E-state index in [1.54, 1.807) is 0 Å².